The molecule has 2 unspecified atom stereocenters. The molecule has 1 fully saturated rings. The van der Waals surface area contributed by atoms with E-state index >= 15 is 0 Å². The summed E-state index contributed by atoms with van der Waals surface area (Å²) in [5.74, 6) is 0.810. The highest BCUT2D eigenvalue weighted by Gasteiger charge is 2.25. The predicted molar refractivity (Wildman–Crippen MR) is 78.3 cm³/mol. The van der Waals surface area contributed by atoms with E-state index in [2.05, 4.69) is 36.5 Å². The molecule has 1 aliphatic rings. The van der Waals surface area contributed by atoms with Crippen LogP contribution in [0.3, 0.4) is 0 Å². The minimum absolute atomic E-state index is 0.288. The van der Waals surface area contributed by atoms with Crippen LogP contribution in [0.2, 0.25) is 0 Å². The Labute approximate surface area is 113 Å². The number of hydrogen-bond acceptors (Lipinski definition) is 2. The summed E-state index contributed by atoms with van der Waals surface area (Å²) in [4.78, 5) is 0. The van der Waals surface area contributed by atoms with Gasteiger partial charge in [-0.1, -0.05) is 31.2 Å². The van der Waals surface area contributed by atoms with Crippen LogP contribution in [0.5, 0.6) is 0 Å². The Bertz CT molecular complexity index is 415. The lowest BCUT2D eigenvalue weighted by Gasteiger charge is -2.11. The number of nitrogens with one attached hydrogen (secondary N) is 1. The highest BCUT2D eigenvalue weighted by molar-refractivity contribution is 7.84. The van der Waals surface area contributed by atoms with Crippen molar-refractivity contribution < 1.29 is 4.21 Å². The summed E-state index contributed by atoms with van der Waals surface area (Å²) >= 11 is 0. The fraction of sp³-hybridized carbons (Fsp3) is 0.600. The first-order valence-electron chi connectivity index (χ1n) is 6.79. The van der Waals surface area contributed by atoms with E-state index in [1.54, 1.807) is 6.26 Å². The summed E-state index contributed by atoms with van der Waals surface area (Å²) in [5.41, 5.74) is 2.96. The summed E-state index contributed by atoms with van der Waals surface area (Å²) in [6, 6.07) is 8.74. The number of hydrogen-bond donors (Lipinski definition) is 1. The molecule has 0 spiro atoms. The second kappa shape index (κ2) is 6.48. The molecule has 0 bridgehead atoms. The number of rotatable bonds is 7. The lowest BCUT2D eigenvalue weighted by atomic mass is 10.0. The van der Waals surface area contributed by atoms with Crippen molar-refractivity contribution in [1.82, 2.24) is 5.32 Å². The SMILES string of the molecule is CC(CCNCc1ccccc1C1CC1)S(C)=O. The maximum absolute atomic E-state index is 11.2. The van der Waals surface area contributed by atoms with Crippen molar-refractivity contribution in [3.8, 4) is 0 Å². The second-order valence-electron chi connectivity index (χ2n) is 5.25. The standard InChI is InChI=1S/C15H23NOS/c1-12(18(2)17)9-10-16-11-14-5-3-4-6-15(14)13-7-8-13/h3-6,12-13,16H,7-11H2,1-2H3. The molecule has 0 heterocycles. The molecule has 1 aliphatic carbocycles. The monoisotopic (exact) mass is 265 g/mol. The summed E-state index contributed by atoms with van der Waals surface area (Å²) in [5, 5.41) is 3.76. The molecule has 2 nitrogen and oxygen atoms in total. The van der Waals surface area contributed by atoms with Crippen LogP contribution in [0.25, 0.3) is 0 Å². The average Bonchev–Trinajstić information content (AvgIpc) is 3.19. The molecular weight excluding hydrogens is 242 g/mol. The molecule has 0 amide bonds. The van der Waals surface area contributed by atoms with Crippen molar-refractivity contribution >= 4 is 10.8 Å². The van der Waals surface area contributed by atoms with Crippen molar-refractivity contribution in [2.24, 2.45) is 0 Å². The van der Waals surface area contributed by atoms with E-state index in [-0.39, 0.29) is 5.25 Å². The van der Waals surface area contributed by atoms with Gasteiger partial charge in [0.25, 0.3) is 0 Å². The van der Waals surface area contributed by atoms with Gasteiger partial charge in [0, 0.05) is 28.9 Å². The molecule has 2 atom stereocenters. The maximum atomic E-state index is 11.2. The van der Waals surface area contributed by atoms with Crippen LogP contribution >= 0.6 is 0 Å². The molecule has 2 rings (SSSR count). The molecule has 0 radical (unpaired) electrons. The minimum atomic E-state index is -0.700. The number of benzene rings is 1. The lowest BCUT2D eigenvalue weighted by Crippen LogP contribution is -2.21. The Morgan fingerprint density at radius 1 is 1.39 bits per heavy atom. The van der Waals surface area contributed by atoms with Crippen LogP contribution < -0.4 is 5.32 Å². The van der Waals surface area contributed by atoms with Crippen molar-refractivity contribution in [3.05, 3.63) is 35.4 Å². The van der Waals surface area contributed by atoms with Gasteiger partial charge in [-0.3, -0.25) is 4.21 Å². The summed E-state index contributed by atoms with van der Waals surface area (Å²) in [6.45, 7) is 3.94. The lowest BCUT2D eigenvalue weighted by molar-refractivity contribution is 0.627. The summed E-state index contributed by atoms with van der Waals surface area (Å²) in [6.07, 6.45) is 5.47. The third kappa shape index (κ3) is 3.92. The topological polar surface area (TPSA) is 29.1 Å². The Morgan fingerprint density at radius 3 is 2.78 bits per heavy atom. The zero-order valence-electron chi connectivity index (χ0n) is 11.3. The maximum Gasteiger partial charge on any atom is 0.0329 e. The zero-order chi connectivity index (χ0) is 13.0. The van der Waals surface area contributed by atoms with Crippen molar-refractivity contribution in [3.63, 3.8) is 0 Å². The van der Waals surface area contributed by atoms with Gasteiger partial charge in [-0.15, -0.1) is 0 Å². The Kier molecular flexibility index (Phi) is 4.95. The van der Waals surface area contributed by atoms with E-state index < -0.39 is 10.8 Å². The van der Waals surface area contributed by atoms with Gasteiger partial charge in [-0.2, -0.15) is 0 Å². The van der Waals surface area contributed by atoms with Gasteiger partial charge in [0.2, 0.25) is 0 Å². The summed E-state index contributed by atoms with van der Waals surface area (Å²) < 4.78 is 11.2. The Morgan fingerprint density at radius 2 is 2.11 bits per heavy atom. The third-order valence-corrected chi connectivity index (χ3v) is 5.05. The summed E-state index contributed by atoms with van der Waals surface area (Å²) in [7, 11) is -0.700. The van der Waals surface area contributed by atoms with E-state index in [4.69, 9.17) is 0 Å². The van der Waals surface area contributed by atoms with Crippen LogP contribution in [-0.4, -0.2) is 22.3 Å². The van der Waals surface area contributed by atoms with Gasteiger partial charge in [-0.05, 0) is 42.9 Å². The molecule has 18 heavy (non-hydrogen) atoms. The molecule has 1 aromatic carbocycles. The molecule has 1 aromatic rings. The Hall–Kier alpha value is -0.670. The smallest absolute Gasteiger partial charge is 0.0329 e. The fourth-order valence-corrected chi connectivity index (χ4v) is 2.63. The minimum Gasteiger partial charge on any atom is -0.313 e. The van der Waals surface area contributed by atoms with E-state index in [1.165, 1.54) is 24.0 Å². The highest BCUT2D eigenvalue weighted by Crippen LogP contribution is 2.41. The average molecular weight is 265 g/mol. The van der Waals surface area contributed by atoms with Gasteiger partial charge in [0.05, 0.1) is 0 Å². The van der Waals surface area contributed by atoms with E-state index in [9.17, 15) is 4.21 Å². The molecule has 1 saturated carbocycles. The first-order chi connectivity index (χ1) is 8.68. The predicted octanol–water partition coefficient (Wildman–Crippen LogP) is 2.81. The van der Waals surface area contributed by atoms with Crippen molar-refractivity contribution in [2.75, 3.05) is 12.8 Å². The zero-order valence-corrected chi connectivity index (χ0v) is 12.1. The molecular formula is C15H23NOS. The van der Waals surface area contributed by atoms with Crippen LogP contribution in [0.4, 0.5) is 0 Å². The van der Waals surface area contributed by atoms with Gasteiger partial charge in [0.15, 0.2) is 0 Å². The van der Waals surface area contributed by atoms with Gasteiger partial charge in [0.1, 0.15) is 0 Å². The van der Waals surface area contributed by atoms with Crippen LogP contribution in [-0.2, 0) is 17.3 Å². The first-order valence-corrected chi connectivity index (χ1v) is 8.41. The van der Waals surface area contributed by atoms with E-state index in [0.717, 1.165) is 25.4 Å². The molecule has 0 aromatic heterocycles. The third-order valence-electron chi connectivity index (χ3n) is 3.68. The first kappa shape index (κ1) is 13.8. The molecule has 1 N–H and O–H groups in total. The van der Waals surface area contributed by atoms with Crippen LogP contribution in [0.1, 0.15) is 43.2 Å². The van der Waals surface area contributed by atoms with Crippen LogP contribution in [0, 0.1) is 0 Å². The van der Waals surface area contributed by atoms with Crippen molar-refractivity contribution in [1.29, 1.82) is 0 Å². The molecule has 100 valence electrons. The Balaban J connectivity index is 1.78. The van der Waals surface area contributed by atoms with Crippen molar-refractivity contribution in [2.45, 2.75) is 43.9 Å². The van der Waals surface area contributed by atoms with Crippen LogP contribution in [0.15, 0.2) is 24.3 Å². The molecule has 3 heteroatoms. The second-order valence-corrected chi connectivity index (χ2v) is 7.05. The van der Waals surface area contributed by atoms with Gasteiger partial charge >= 0.3 is 0 Å². The molecule has 0 aliphatic heterocycles. The fourth-order valence-electron chi connectivity index (χ4n) is 2.18. The quantitative estimate of drug-likeness (QED) is 0.768. The largest absolute Gasteiger partial charge is 0.313 e. The molecule has 0 saturated heterocycles. The van der Waals surface area contributed by atoms with Gasteiger partial charge < -0.3 is 5.32 Å². The van der Waals surface area contributed by atoms with Gasteiger partial charge in [-0.25, -0.2) is 0 Å². The van der Waals surface area contributed by atoms with E-state index in [1.807, 2.05) is 0 Å². The van der Waals surface area contributed by atoms with E-state index in [0.29, 0.717) is 0 Å². The highest BCUT2D eigenvalue weighted by atomic mass is 32.2. The normalized spacial score (nSPS) is 18.6.